The van der Waals surface area contributed by atoms with E-state index in [1.54, 1.807) is 6.92 Å². The van der Waals surface area contributed by atoms with Crippen LogP contribution in [-0.4, -0.2) is 19.4 Å². The molecule has 1 aromatic rings. The fourth-order valence-electron chi connectivity index (χ4n) is 2.30. The molecule has 15 heavy (non-hydrogen) atoms. The Morgan fingerprint density at radius 3 is 2.87 bits per heavy atom. The van der Waals surface area contributed by atoms with Crippen LogP contribution in [-0.2, 0) is 6.42 Å². The molecule has 2 nitrogen and oxygen atoms in total. The maximum Gasteiger partial charge on any atom is 0.161 e. The second kappa shape index (κ2) is 4.05. The van der Waals surface area contributed by atoms with E-state index < -0.39 is 0 Å². The van der Waals surface area contributed by atoms with Crippen molar-refractivity contribution < 1.29 is 4.79 Å². The molecule has 0 aliphatic carbocycles. The van der Waals surface area contributed by atoms with Gasteiger partial charge in [-0.2, -0.15) is 0 Å². The molecule has 0 bridgehead atoms. The van der Waals surface area contributed by atoms with Gasteiger partial charge >= 0.3 is 0 Å². The van der Waals surface area contributed by atoms with Crippen molar-refractivity contribution in [1.82, 2.24) is 0 Å². The Kier molecular flexibility index (Phi) is 2.76. The van der Waals surface area contributed by atoms with Crippen LogP contribution in [0, 0.1) is 0 Å². The standard InChI is InChI=1S/C13H17NO/c1-10(15)12-8-5-7-11-6-3-4-9-14(2)13(11)12/h5,7-8H,3-4,6,9H2,1-2H3. The Morgan fingerprint density at radius 1 is 1.33 bits per heavy atom. The van der Waals surface area contributed by atoms with Gasteiger partial charge < -0.3 is 4.90 Å². The van der Waals surface area contributed by atoms with Gasteiger partial charge in [0.2, 0.25) is 0 Å². The first-order chi connectivity index (χ1) is 7.20. The molecule has 0 radical (unpaired) electrons. The number of fused-ring (bicyclic) bond motifs is 1. The van der Waals surface area contributed by atoms with Crippen molar-refractivity contribution in [3.05, 3.63) is 29.3 Å². The molecule has 0 fully saturated rings. The summed E-state index contributed by atoms with van der Waals surface area (Å²) in [5.41, 5.74) is 3.35. The molecule has 0 spiro atoms. The van der Waals surface area contributed by atoms with Gasteiger partial charge in [0, 0.05) is 19.2 Å². The van der Waals surface area contributed by atoms with Gasteiger partial charge in [0.1, 0.15) is 0 Å². The van der Waals surface area contributed by atoms with Crippen LogP contribution in [0.4, 0.5) is 5.69 Å². The zero-order valence-corrected chi connectivity index (χ0v) is 9.42. The second-order valence-electron chi connectivity index (χ2n) is 4.25. The maximum absolute atomic E-state index is 11.5. The van der Waals surface area contributed by atoms with Gasteiger partial charge in [0.25, 0.3) is 0 Å². The number of carbonyl (C=O) groups excluding carboxylic acids is 1. The molecule has 0 atom stereocenters. The van der Waals surface area contributed by atoms with E-state index in [0.717, 1.165) is 24.2 Å². The summed E-state index contributed by atoms with van der Waals surface area (Å²) in [7, 11) is 2.08. The topological polar surface area (TPSA) is 20.3 Å². The highest BCUT2D eigenvalue weighted by atomic mass is 16.1. The summed E-state index contributed by atoms with van der Waals surface area (Å²) in [6, 6.07) is 6.07. The van der Waals surface area contributed by atoms with Crippen LogP contribution in [0.5, 0.6) is 0 Å². The average molecular weight is 203 g/mol. The van der Waals surface area contributed by atoms with E-state index in [1.165, 1.54) is 18.4 Å². The first-order valence-electron chi connectivity index (χ1n) is 5.54. The van der Waals surface area contributed by atoms with Crippen LogP contribution in [0.2, 0.25) is 0 Å². The van der Waals surface area contributed by atoms with E-state index in [9.17, 15) is 4.79 Å². The van der Waals surface area contributed by atoms with Crippen LogP contribution < -0.4 is 4.90 Å². The SMILES string of the molecule is CC(=O)c1cccc2c1N(C)CCCC2. The molecule has 1 aliphatic heterocycles. The van der Waals surface area contributed by atoms with Gasteiger partial charge in [-0.1, -0.05) is 12.1 Å². The van der Waals surface area contributed by atoms with Gasteiger partial charge in [-0.25, -0.2) is 0 Å². The third kappa shape index (κ3) is 1.89. The van der Waals surface area contributed by atoms with E-state index in [2.05, 4.69) is 18.0 Å². The Morgan fingerprint density at radius 2 is 2.13 bits per heavy atom. The third-order valence-corrected chi connectivity index (χ3v) is 3.07. The molecule has 0 aromatic heterocycles. The van der Waals surface area contributed by atoms with Crippen LogP contribution in [0.1, 0.15) is 35.7 Å². The molecule has 2 heteroatoms. The second-order valence-corrected chi connectivity index (χ2v) is 4.25. The van der Waals surface area contributed by atoms with Crippen LogP contribution >= 0.6 is 0 Å². The van der Waals surface area contributed by atoms with E-state index in [-0.39, 0.29) is 5.78 Å². The van der Waals surface area contributed by atoms with Crippen molar-refractivity contribution in [3.63, 3.8) is 0 Å². The van der Waals surface area contributed by atoms with Crippen LogP contribution in [0.25, 0.3) is 0 Å². The number of aryl methyl sites for hydroxylation is 1. The Balaban J connectivity index is 2.55. The average Bonchev–Trinajstić information content (AvgIpc) is 2.40. The molecule has 1 heterocycles. The molecule has 1 aliphatic rings. The van der Waals surface area contributed by atoms with Crippen molar-refractivity contribution in [3.8, 4) is 0 Å². The zero-order valence-electron chi connectivity index (χ0n) is 9.42. The molecular weight excluding hydrogens is 186 g/mol. The molecule has 1 aromatic carbocycles. The van der Waals surface area contributed by atoms with Gasteiger partial charge in [0.05, 0.1) is 5.69 Å². The number of ketones is 1. The predicted molar refractivity (Wildman–Crippen MR) is 62.7 cm³/mol. The molecule has 2 rings (SSSR count). The molecule has 0 saturated carbocycles. The zero-order chi connectivity index (χ0) is 10.8. The summed E-state index contributed by atoms with van der Waals surface area (Å²) in [6.45, 7) is 2.70. The van der Waals surface area contributed by atoms with E-state index in [0.29, 0.717) is 0 Å². The Hall–Kier alpha value is -1.31. The smallest absolute Gasteiger partial charge is 0.161 e. The van der Waals surface area contributed by atoms with Crippen molar-refractivity contribution in [1.29, 1.82) is 0 Å². The normalized spacial score (nSPS) is 15.7. The number of Topliss-reactive ketones (excluding diaryl/α,β-unsaturated/α-hetero) is 1. The summed E-state index contributed by atoms with van der Waals surface area (Å²) in [5, 5.41) is 0. The Labute approximate surface area is 90.9 Å². The fourth-order valence-corrected chi connectivity index (χ4v) is 2.30. The first kappa shape index (κ1) is 10.2. The molecule has 0 N–H and O–H groups in total. The number of para-hydroxylation sites is 1. The number of anilines is 1. The van der Waals surface area contributed by atoms with Crippen molar-refractivity contribution in [2.75, 3.05) is 18.5 Å². The lowest BCUT2D eigenvalue weighted by atomic mass is 10.0. The highest BCUT2D eigenvalue weighted by Crippen LogP contribution is 2.29. The highest BCUT2D eigenvalue weighted by molar-refractivity contribution is 6.00. The predicted octanol–water partition coefficient (Wildman–Crippen LogP) is 2.66. The maximum atomic E-state index is 11.5. The third-order valence-electron chi connectivity index (χ3n) is 3.07. The van der Waals surface area contributed by atoms with Gasteiger partial charge in [-0.3, -0.25) is 4.79 Å². The lowest BCUT2D eigenvalue weighted by molar-refractivity contribution is 0.101. The van der Waals surface area contributed by atoms with E-state index in [4.69, 9.17) is 0 Å². The lowest BCUT2D eigenvalue weighted by Crippen LogP contribution is -2.20. The van der Waals surface area contributed by atoms with Crippen LogP contribution in [0.3, 0.4) is 0 Å². The molecular formula is C13H17NO. The monoisotopic (exact) mass is 203 g/mol. The van der Waals surface area contributed by atoms with Gasteiger partial charge in [-0.15, -0.1) is 0 Å². The van der Waals surface area contributed by atoms with Crippen LogP contribution in [0.15, 0.2) is 18.2 Å². The van der Waals surface area contributed by atoms with Crippen molar-refractivity contribution in [2.24, 2.45) is 0 Å². The number of carbonyl (C=O) groups is 1. The van der Waals surface area contributed by atoms with Crippen molar-refractivity contribution >= 4 is 11.5 Å². The largest absolute Gasteiger partial charge is 0.374 e. The quantitative estimate of drug-likeness (QED) is 0.654. The summed E-state index contributed by atoms with van der Waals surface area (Å²) in [5.74, 6) is 0.167. The minimum Gasteiger partial charge on any atom is -0.374 e. The fraction of sp³-hybridized carbons (Fsp3) is 0.462. The minimum atomic E-state index is 0.167. The van der Waals surface area contributed by atoms with Gasteiger partial charge in [-0.05, 0) is 37.8 Å². The molecule has 0 saturated heterocycles. The van der Waals surface area contributed by atoms with E-state index >= 15 is 0 Å². The number of hydrogen-bond acceptors (Lipinski definition) is 2. The molecule has 80 valence electrons. The summed E-state index contributed by atoms with van der Waals surface area (Å²) in [4.78, 5) is 13.8. The highest BCUT2D eigenvalue weighted by Gasteiger charge is 2.17. The first-order valence-corrected chi connectivity index (χ1v) is 5.54. The molecule has 0 unspecified atom stereocenters. The van der Waals surface area contributed by atoms with Crippen molar-refractivity contribution in [2.45, 2.75) is 26.2 Å². The number of benzene rings is 1. The summed E-state index contributed by atoms with van der Waals surface area (Å²) >= 11 is 0. The number of rotatable bonds is 1. The minimum absolute atomic E-state index is 0.167. The number of hydrogen-bond donors (Lipinski definition) is 0. The Bertz CT molecular complexity index is 384. The molecule has 0 amide bonds. The summed E-state index contributed by atoms with van der Waals surface area (Å²) < 4.78 is 0. The lowest BCUT2D eigenvalue weighted by Gasteiger charge is -2.21. The number of nitrogens with zero attached hydrogens (tertiary/aromatic N) is 1. The van der Waals surface area contributed by atoms with E-state index in [1.807, 2.05) is 12.1 Å². The van der Waals surface area contributed by atoms with Gasteiger partial charge in [0.15, 0.2) is 5.78 Å². The summed E-state index contributed by atoms with van der Waals surface area (Å²) in [6.07, 6.45) is 3.53.